The van der Waals surface area contributed by atoms with E-state index in [1.165, 1.54) is 16.4 Å². The number of rotatable bonds is 8. The van der Waals surface area contributed by atoms with E-state index in [-0.39, 0.29) is 30.6 Å². The fourth-order valence-corrected chi connectivity index (χ4v) is 5.33. The molecule has 1 atom stereocenters. The second-order valence-electron chi connectivity index (χ2n) is 7.92. The van der Waals surface area contributed by atoms with Crippen LogP contribution in [0.5, 0.6) is 5.88 Å². The molecule has 1 saturated heterocycles. The summed E-state index contributed by atoms with van der Waals surface area (Å²) in [6, 6.07) is 9.61. The Bertz CT molecular complexity index is 1010. The van der Waals surface area contributed by atoms with Crippen molar-refractivity contribution >= 4 is 15.9 Å². The lowest BCUT2D eigenvalue weighted by atomic mass is 9.97. The fraction of sp³-hybridized carbons (Fsp3) is 0.429. The number of halogens is 1. The van der Waals surface area contributed by atoms with E-state index in [0.717, 1.165) is 11.1 Å². The number of pyridine rings is 1. The van der Waals surface area contributed by atoms with Crippen molar-refractivity contribution in [2.24, 2.45) is 11.8 Å². The van der Waals surface area contributed by atoms with Gasteiger partial charge in [-0.25, -0.2) is 23.3 Å². The highest BCUT2D eigenvalue weighted by Crippen LogP contribution is 2.22. The number of hydroxylamine groups is 3. The van der Waals surface area contributed by atoms with Crippen LogP contribution >= 0.6 is 0 Å². The van der Waals surface area contributed by atoms with Crippen LogP contribution in [0.2, 0.25) is 0 Å². The largest absolute Gasteiger partial charge is 0.386 e. The second kappa shape index (κ2) is 10.3. The lowest BCUT2D eigenvalue weighted by molar-refractivity contribution is -0.134. The van der Waals surface area contributed by atoms with Crippen LogP contribution in [0, 0.1) is 17.7 Å². The molecule has 0 spiro atoms. The van der Waals surface area contributed by atoms with Gasteiger partial charge in [-0.15, -0.1) is 5.06 Å². The Morgan fingerprint density at radius 3 is 2.28 bits per heavy atom. The summed E-state index contributed by atoms with van der Waals surface area (Å²) in [5.41, 5.74) is 3.20. The van der Waals surface area contributed by atoms with E-state index in [0.29, 0.717) is 19.0 Å². The monoisotopic (exact) mass is 466 g/mol. The summed E-state index contributed by atoms with van der Waals surface area (Å²) in [6.45, 7) is 4.55. The lowest BCUT2D eigenvalue weighted by Gasteiger charge is -2.33. The molecule has 0 aliphatic carbocycles. The predicted octanol–water partition coefficient (Wildman–Crippen LogP) is 1.91. The van der Waals surface area contributed by atoms with E-state index in [1.807, 2.05) is 6.07 Å². The van der Waals surface area contributed by atoms with Gasteiger partial charge < -0.3 is 4.84 Å². The summed E-state index contributed by atoms with van der Waals surface area (Å²) >= 11 is 0. The van der Waals surface area contributed by atoms with Crippen LogP contribution in [-0.2, 0) is 14.8 Å². The van der Waals surface area contributed by atoms with Crippen LogP contribution in [0.1, 0.15) is 13.8 Å². The fourth-order valence-electron chi connectivity index (χ4n) is 3.40. The summed E-state index contributed by atoms with van der Waals surface area (Å²) in [7, 11) is -3.68. The first-order chi connectivity index (χ1) is 15.2. The first-order valence-electron chi connectivity index (χ1n) is 10.3. The molecule has 1 amide bonds. The number of piperazine rings is 1. The average Bonchev–Trinajstić information content (AvgIpc) is 2.78. The number of aromatic nitrogens is 1. The molecule has 32 heavy (non-hydrogen) atoms. The molecule has 0 bridgehead atoms. The molecule has 2 heterocycles. The summed E-state index contributed by atoms with van der Waals surface area (Å²) < 4.78 is 39.9. The Balaban J connectivity index is 1.55. The third-order valence-corrected chi connectivity index (χ3v) is 7.30. The van der Waals surface area contributed by atoms with E-state index in [9.17, 15) is 17.6 Å². The molecule has 2 N–H and O–H groups in total. The van der Waals surface area contributed by atoms with Gasteiger partial charge in [0, 0.05) is 44.0 Å². The number of carbonyl (C=O) groups is 1. The smallest absolute Gasteiger partial charge is 0.247 e. The molecule has 11 heteroatoms. The molecule has 1 aromatic heterocycles. The number of amides is 1. The molecule has 1 aliphatic rings. The van der Waals surface area contributed by atoms with E-state index in [1.54, 1.807) is 48.8 Å². The zero-order valence-corrected chi connectivity index (χ0v) is 18.8. The van der Waals surface area contributed by atoms with Gasteiger partial charge in [0.25, 0.3) is 0 Å². The van der Waals surface area contributed by atoms with E-state index >= 15 is 0 Å². The van der Waals surface area contributed by atoms with Crippen LogP contribution in [0.3, 0.4) is 0 Å². The van der Waals surface area contributed by atoms with Gasteiger partial charge in [0.15, 0.2) is 0 Å². The van der Waals surface area contributed by atoms with Crippen molar-refractivity contribution in [3.8, 4) is 17.0 Å². The van der Waals surface area contributed by atoms with E-state index in [2.05, 4.69) is 4.98 Å². The summed E-state index contributed by atoms with van der Waals surface area (Å²) in [5.74, 6) is -2.11. The Morgan fingerprint density at radius 1 is 1.12 bits per heavy atom. The first kappa shape index (κ1) is 24.1. The molecule has 1 aromatic carbocycles. The molecular weight excluding hydrogens is 439 g/mol. The predicted molar refractivity (Wildman–Crippen MR) is 115 cm³/mol. The molecule has 0 radical (unpaired) electrons. The van der Waals surface area contributed by atoms with Gasteiger partial charge in [0.05, 0.1) is 11.7 Å². The molecular formula is C21H27FN4O5S. The van der Waals surface area contributed by atoms with Crippen molar-refractivity contribution in [1.82, 2.24) is 19.8 Å². The van der Waals surface area contributed by atoms with E-state index in [4.69, 9.17) is 10.0 Å². The van der Waals surface area contributed by atoms with Crippen molar-refractivity contribution in [2.75, 3.05) is 31.9 Å². The number of hydrogen-bond acceptors (Lipinski definition) is 7. The lowest BCUT2D eigenvalue weighted by Crippen LogP contribution is -2.51. The minimum atomic E-state index is -3.68. The van der Waals surface area contributed by atoms with Crippen LogP contribution < -0.4 is 10.3 Å². The van der Waals surface area contributed by atoms with Crippen LogP contribution in [0.4, 0.5) is 4.39 Å². The van der Waals surface area contributed by atoms with Crippen molar-refractivity contribution < 1.29 is 27.6 Å². The molecule has 0 saturated carbocycles. The molecule has 2 aromatic rings. The van der Waals surface area contributed by atoms with Gasteiger partial charge in [0.2, 0.25) is 21.8 Å². The summed E-state index contributed by atoms with van der Waals surface area (Å²) in [6.07, 6.45) is 1.63. The molecule has 0 unspecified atom stereocenters. The Labute approximate surface area is 186 Å². The normalized spacial score (nSPS) is 16.7. The Kier molecular flexibility index (Phi) is 7.77. The van der Waals surface area contributed by atoms with Crippen LogP contribution in [0.15, 0.2) is 42.6 Å². The van der Waals surface area contributed by atoms with Gasteiger partial charge in [-0.05, 0) is 29.7 Å². The molecule has 9 nitrogen and oxygen atoms in total. The number of nitrogens with zero attached hydrogens (tertiary/aromatic N) is 3. The Hall–Kier alpha value is -2.60. The molecule has 1 fully saturated rings. The van der Waals surface area contributed by atoms with Crippen molar-refractivity contribution in [2.45, 2.75) is 13.8 Å². The topological polar surface area (TPSA) is 112 Å². The number of carbonyl (C=O) groups excluding carboxylic acids is 1. The highest BCUT2D eigenvalue weighted by atomic mass is 32.2. The summed E-state index contributed by atoms with van der Waals surface area (Å²) in [5, 5.41) is 10.5. The average molecular weight is 467 g/mol. The van der Waals surface area contributed by atoms with Gasteiger partial charge in [-0.3, -0.25) is 10.0 Å². The minimum absolute atomic E-state index is 0.210. The first-order valence-corrected chi connectivity index (χ1v) is 11.9. The van der Waals surface area contributed by atoms with E-state index < -0.39 is 21.8 Å². The SMILES string of the molecule is CC(C)[C@@H](CS(=O)(=O)N1CCN(Oc2ccc(-c3ccc(F)cc3)cn2)CC1)C(=O)NO. The zero-order chi connectivity index (χ0) is 23.3. The van der Waals surface area contributed by atoms with Crippen molar-refractivity contribution in [3.63, 3.8) is 0 Å². The third kappa shape index (κ3) is 6.00. The van der Waals surface area contributed by atoms with Crippen LogP contribution in [0.25, 0.3) is 11.1 Å². The van der Waals surface area contributed by atoms with Gasteiger partial charge >= 0.3 is 0 Å². The maximum absolute atomic E-state index is 13.1. The molecule has 174 valence electrons. The number of hydrogen-bond donors (Lipinski definition) is 2. The number of sulfonamides is 1. The number of nitrogens with one attached hydrogen (secondary N) is 1. The van der Waals surface area contributed by atoms with Crippen molar-refractivity contribution in [1.29, 1.82) is 0 Å². The van der Waals surface area contributed by atoms with Crippen molar-refractivity contribution in [3.05, 3.63) is 48.4 Å². The highest BCUT2D eigenvalue weighted by Gasteiger charge is 2.34. The summed E-state index contributed by atoms with van der Waals surface area (Å²) in [4.78, 5) is 21.8. The number of benzene rings is 1. The highest BCUT2D eigenvalue weighted by molar-refractivity contribution is 7.89. The maximum atomic E-state index is 13.1. The second-order valence-corrected chi connectivity index (χ2v) is 9.93. The maximum Gasteiger partial charge on any atom is 0.247 e. The quantitative estimate of drug-likeness (QED) is 0.451. The van der Waals surface area contributed by atoms with Gasteiger partial charge in [0.1, 0.15) is 5.82 Å². The molecule has 1 aliphatic heterocycles. The third-order valence-electron chi connectivity index (χ3n) is 5.37. The minimum Gasteiger partial charge on any atom is -0.386 e. The zero-order valence-electron chi connectivity index (χ0n) is 17.9. The van der Waals surface area contributed by atoms with Crippen LogP contribution in [-0.4, -0.2) is 65.8 Å². The standard InChI is InChI=1S/C21H27FN4O5S/c1-15(2)19(21(27)24-28)14-32(29,30)26-11-9-25(10-12-26)31-20-8-5-17(13-23-20)16-3-6-18(22)7-4-16/h3-8,13,15,19,28H,9-12,14H2,1-2H3,(H,24,27)/t19-/m1/s1. The van der Waals surface area contributed by atoms with Gasteiger partial charge in [-0.1, -0.05) is 26.0 Å². The molecule has 3 rings (SSSR count). The Morgan fingerprint density at radius 2 is 1.75 bits per heavy atom. The van der Waals surface area contributed by atoms with Gasteiger partial charge in [-0.2, -0.15) is 4.31 Å².